The number of ether oxygens (including phenoxy) is 4. The van der Waals surface area contributed by atoms with Crippen molar-refractivity contribution < 1.29 is 50.9 Å². The molecule has 0 radical (unpaired) electrons. The number of sulfone groups is 1. The van der Waals surface area contributed by atoms with Gasteiger partial charge >= 0.3 is 18.2 Å². The molecule has 0 bridgehead atoms. The lowest BCUT2D eigenvalue weighted by Crippen LogP contribution is -2.48. The van der Waals surface area contributed by atoms with E-state index in [0.29, 0.717) is 22.5 Å². The van der Waals surface area contributed by atoms with Gasteiger partial charge in [0.1, 0.15) is 23.2 Å². The first kappa shape index (κ1) is 43.6. The van der Waals surface area contributed by atoms with Crippen LogP contribution >= 0.6 is 0 Å². The molecule has 16 nitrogen and oxygen atoms in total. The molecule has 0 unspecified atom stereocenters. The van der Waals surface area contributed by atoms with Gasteiger partial charge in [0.15, 0.2) is 15.5 Å². The summed E-state index contributed by atoms with van der Waals surface area (Å²) in [4.78, 5) is 58.9. The maximum Gasteiger partial charge on any atom is 0.424 e. The number of aromatic nitrogens is 3. The Morgan fingerprint density at radius 2 is 1.56 bits per heavy atom. The molecule has 2 heterocycles. The minimum absolute atomic E-state index is 0.00846. The van der Waals surface area contributed by atoms with E-state index in [1.165, 1.54) is 49.0 Å². The van der Waals surface area contributed by atoms with Gasteiger partial charge in [-0.15, -0.1) is 5.10 Å². The van der Waals surface area contributed by atoms with Gasteiger partial charge in [-0.2, -0.15) is 4.98 Å². The van der Waals surface area contributed by atoms with Crippen LogP contribution in [0.4, 0.5) is 31.3 Å². The topological polar surface area (TPSA) is 188 Å². The smallest absolute Gasteiger partial charge is 0.424 e. The first-order valence-electron chi connectivity index (χ1n) is 18.2. The predicted octanol–water partition coefficient (Wildman–Crippen LogP) is 6.80. The van der Waals surface area contributed by atoms with Crippen molar-refractivity contribution in [3.8, 4) is 16.9 Å². The Bertz CT molecular complexity index is 2450. The fourth-order valence-electron chi connectivity index (χ4n) is 5.85. The van der Waals surface area contributed by atoms with Crippen LogP contribution in [-0.4, -0.2) is 90.8 Å². The van der Waals surface area contributed by atoms with Gasteiger partial charge in [0.25, 0.3) is 5.95 Å². The molecule has 5 aromatic rings. The molecule has 59 heavy (non-hydrogen) atoms. The van der Waals surface area contributed by atoms with Gasteiger partial charge in [-0.1, -0.05) is 38.1 Å². The van der Waals surface area contributed by atoms with Crippen LogP contribution in [0.25, 0.3) is 16.8 Å². The van der Waals surface area contributed by atoms with E-state index < -0.39 is 52.3 Å². The van der Waals surface area contributed by atoms with Gasteiger partial charge in [0.2, 0.25) is 12.7 Å². The van der Waals surface area contributed by atoms with Gasteiger partial charge in [-0.3, -0.25) is 9.69 Å². The van der Waals surface area contributed by atoms with Crippen molar-refractivity contribution in [2.75, 3.05) is 37.4 Å². The Balaban J connectivity index is 1.38. The fourth-order valence-corrected chi connectivity index (χ4v) is 6.49. The lowest BCUT2D eigenvalue weighted by molar-refractivity contribution is -0.159. The summed E-state index contributed by atoms with van der Waals surface area (Å²) in [5.41, 5.74) is 2.18. The molecule has 0 aliphatic heterocycles. The number of hydrogen-bond donors (Lipinski definition) is 1. The van der Waals surface area contributed by atoms with Crippen LogP contribution in [0.2, 0.25) is 0 Å². The van der Waals surface area contributed by atoms with Gasteiger partial charge in [-0.05, 0) is 86.3 Å². The number of halogens is 1. The van der Waals surface area contributed by atoms with E-state index in [1.807, 2.05) is 0 Å². The second-order valence-electron chi connectivity index (χ2n) is 14.8. The highest BCUT2D eigenvalue weighted by molar-refractivity contribution is 7.90. The maximum atomic E-state index is 13.9. The van der Waals surface area contributed by atoms with E-state index >= 15 is 0 Å². The molecular weight excluding hydrogens is 788 g/mol. The third kappa shape index (κ3) is 11.1. The lowest BCUT2D eigenvalue weighted by Gasteiger charge is -2.31. The van der Waals surface area contributed by atoms with Crippen LogP contribution in [0.15, 0.2) is 90.0 Å². The van der Waals surface area contributed by atoms with Crippen molar-refractivity contribution in [1.82, 2.24) is 19.5 Å². The lowest BCUT2D eigenvalue weighted by atomic mass is 10.0. The molecule has 0 saturated heterocycles. The molecule has 18 heteroatoms. The molecule has 1 atom stereocenters. The number of pyridine rings is 1. The van der Waals surface area contributed by atoms with Crippen LogP contribution in [-0.2, 0) is 40.1 Å². The summed E-state index contributed by atoms with van der Waals surface area (Å²) in [6, 6.07) is 18.9. The highest BCUT2D eigenvalue weighted by Gasteiger charge is 2.35. The third-order valence-corrected chi connectivity index (χ3v) is 9.77. The predicted molar refractivity (Wildman–Crippen MR) is 215 cm³/mol. The second kappa shape index (κ2) is 17.9. The normalized spacial score (nSPS) is 12.1. The zero-order chi connectivity index (χ0) is 43.2. The van der Waals surface area contributed by atoms with E-state index in [4.69, 9.17) is 18.9 Å². The molecule has 5 rings (SSSR count). The molecule has 2 aromatic heterocycles. The molecule has 1 N–H and O–H groups in total. The summed E-state index contributed by atoms with van der Waals surface area (Å²) in [5, 5.41) is 7.34. The molecule has 312 valence electrons. The Kier molecular flexibility index (Phi) is 13.2. The number of benzene rings is 3. The minimum Gasteiger partial charge on any atom is -0.495 e. The van der Waals surface area contributed by atoms with Crippen LogP contribution in [0.3, 0.4) is 0 Å². The Labute approximate surface area is 340 Å². The number of nitrogens with one attached hydrogen (secondary N) is 1. The standard InChI is InChI=1S/C41H45FN6O10S/c1-25(2)36(46(6)39(51)58-41(3,4)5)37(50)56-24-57-40(52)48(32-19-18-31(59(8,53)54)22-33(32)55-7)38-44-34-20-13-28(23-47(34)45-38)27-11-16-30(17-12-27)43-35(49)21-26-9-14-29(42)15-10-26/h9-20,22-23,25,36H,21,24H2,1-8H3,(H,43,49)/t36-/m0/s1. The molecule has 0 spiro atoms. The number of likely N-dealkylation sites (N-methyl/N-ethyl adjacent to an activating group) is 1. The van der Waals surface area contributed by atoms with Crippen molar-refractivity contribution in [2.24, 2.45) is 5.92 Å². The Morgan fingerprint density at radius 3 is 2.17 bits per heavy atom. The molecule has 0 aliphatic rings. The summed E-state index contributed by atoms with van der Waals surface area (Å²) in [6.07, 6.45) is 0.896. The average Bonchev–Trinajstić information content (AvgIpc) is 3.58. The van der Waals surface area contributed by atoms with Crippen molar-refractivity contribution >= 4 is 56.9 Å². The maximum absolute atomic E-state index is 13.9. The van der Waals surface area contributed by atoms with Crippen LogP contribution in [0.1, 0.15) is 40.2 Å². The monoisotopic (exact) mass is 832 g/mol. The number of fused-ring (bicyclic) bond motifs is 1. The van der Waals surface area contributed by atoms with E-state index in [1.54, 1.807) is 89.3 Å². The van der Waals surface area contributed by atoms with E-state index in [2.05, 4.69) is 15.4 Å². The average molecular weight is 833 g/mol. The molecular formula is C41H45FN6O10S. The molecule has 3 amide bonds. The largest absolute Gasteiger partial charge is 0.495 e. The van der Waals surface area contributed by atoms with Crippen molar-refractivity contribution in [1.29, 1.82) is 0 Å². The Hall–Kier alpha value is -6.56. The zero-order valence-electron chi connectivity index (χ0n) is 33.8. The van der Waals surface area contributed by atoms with E-state index in [0.717, 1.165) is 21.6 Å². The number of anilines is 3. The molecule has 0 saturated carbocycles. The van der Waals surface area contributed by atoms with Gasteiger partial charge in [0, 0.05) is 36.8 Å². The molecule has 0 fully saturated rings. The van der Waals surface area contributed by atoms with Gasteiger partial charge < -0.3 is 24.3 Å². The minimum atomic E-state index is -3.68. The summed E-state index contributed by atoms with van der Waals surface area (Å²) in [6.45, 7) is 7.62. The molecule has 3 aromatic carbocycles. The van der Waals surface area contributed by atoms with Gasteiger partial charge in [0.05, 0.1) is 24.1 Å². The zero-order valence-corrected chi connectivity index (χ0v) is 34.6. The number of nitrogens with zero attached hydrogens (tertiary/aromatic N) is 5. The number of carbonyl (C=O) groups is 4. The fraction of sp³-hybridized carbons (Fsp3) is 0.317. The second-order valence-corrected chi connectivity index (χ2v) is 16.8. The van der Waals surface area contributed by atoms with Crippen molar-refractivity contribution in [3.05, 3.63) is 96.4 Å². The van der Waals surface area contributed by atoms with Crippen LogP contribution < -0.4 is 15.0 Å². The number of hydrogen-bond acceptors (Lipinski definition) is 12. The summed E-state index contributed by atoms with van der Waals surface area (Å²) >= 11 is 0. The van der Waals surface area contributed by atoms with Gasteiger partial charge in [-0.25, -0.2) is 36.6 Å². The Morgan fingerprint density at radius 1 is 0.898 bits per heavy atom. The summed E-state index contributed by atoms with van der Waals surface area (Å²) in [7, 11) is -0.992. The third-order valence-electron chi connectivity index (χ3n) is 8.66. The number of amides is 3. The van der Waals surface area contributed by atoms with Crippen LogP contribution in [0, 0.1) is 11.7 Å². The highest BCUT2D eigenvalue weighted by atomic mass is 32.2. The number of methoxy groups -OCH3 is 1. The first-order valence-corrected chi connectivity index (χ1v) is 20.1. The number of carbonyl (C=O) groups excluding carboxylic acids is 4. The number of esters is 1. The van der Waals surface area contributed by atoms with E-state index in [9.17, 15) is 32.0 Å². The van der Waals surface area contributed by atoms with E-state index in [-0.39, 0.29) is 40.4 Å². The summed E-state index contributed by atoms with van der Waals surface area (Å²) in [5.74, 6) is -2.16. The number of rotatable bonds is 13. The highest BCUT2D eigenvalue weighted by Crippen LogP contribution is 2.35. The summed E-state index contributed by atoms with van der Waals surface area (Å²) < 4.78 is 61.0. The SMILES string of the molecule is COc1cc(S(C)(=O)=O)ccc1N(C(=O)OCOC(=O)[C@H](C(C)C)N(C)C(=O)OC(C)(C)C)c1nc2ccc(-c3ccc(NC(=O)Cc4ccc(F)cc4)cc3)cn2n1. The van der Waals surface area contributed by atoms with Crippen molar-refractivity contribution in [2.45, 2.75) is 57.6 Å². The van der Waals surface area contributed by atoms with Crippen LogP contribution in [0.5, 0.6) is 5.75 Å². The van der Waals surface area contributed by atoms with Crippen molar-refractivity contribution in [3.63, 3.8) is 0 Å². The first-order chi connectivity index (χ1) is 27.7. The molecule has 0 aliphatic carbocycles. The quantitative estimate of drug-likeness (QED) is 0.0968.